The van der Waals surface area contributed by atoms with Crippen molar-refractivity contribution in [3.8, 4) is 0 Å². The third kappa shape index (κ3) is 2.65. The molecule has 1 aliphatic heterocycles. The minimum atomic E-state index is -0.539. The van der Waals surface area contributed by atoms with E-state index in [1.165, 1.54) is 11.0 Å². The fourth-order valence-corrected chi connectivity index (χ4v) is 2.36. The Balaban J connectivity index is 2.38. The van der Waals surface area contributed by atoms with Crippen molar-refractivity contribution in [3.05, 3.63) is 29.6 Å². The molecular weight excluding hydrogens is 261 g/mol. The van der Waals surface area contributed by atoms with Crippen molar-refractivity contribution in [2.75, 3.05) is 11.4 Å². The highest BCUT2D eigenvalue weighted by molar-refractivity contribution is 6.04. The van der Waals surface area contributed by atoms with E-state index in [2.05, 4.69) is 5.32 Å². The molecule has 0 aliphatic carbocycles. The van der Waals surface area contributed by atoms with E-state index in [1.807, 2.05) is 6.92 Å². The van der Waals surface area contributed by atoms with E-state index in [1.54, 1.807) is 19.1 Å². The lowest BCUT2D eigenvalue weighted by Gasteiger charge is -2.35. The first kappa shape index (κ1) is 14.5. The number of amides is 2. The Morgan fingerprint density at radius 2 is 2.20 bits per heavy atom. The first-order chi connectivity index (χ1) is 9.43. The van der Waals surface area contributed by atoms with Crippen LogP contribution < -0.4 is 16.0 Å². The van der Waals surface area contributed by atoms with Crippen LogP contribution in [0.1, 0.15) is 31.9 Å². The minimum Gasteiger partial charge on any atom is -0.348 e. The monoisotopic (exact) mass is 279 g/mol. The van der Waals surface area contributed by atoms with E-state index in [0.29, 0.717) is 12.0 Å². The second kappa shape index (κ2) is 5.58. The summed E-state index contributed by atoms with van der Waals surface area (Å²) >= 11 is 0. The van der Waals surface area contributed by atoms with Crippen LogP contribution in [0.15, 0.2) is 18.2 Å². The van der Waals surface area contributed by atoms with Crippen molar-refractivity contribution in [3.63, 3.8) is 0 Å². The van der Waals surface area contributed by atoms with Gasteiger partial charge in [-0.1, -0.05) is 13.0 Å². The van der Waals surface area contributed by atoms with Crippen LogP contribution in [0.4, 0.5) is 10.1 Å². The molecule has 5 nitrogen and oxygen atoms in total. The van der Waals surface area contributed by atoms with Crippen LogP contribution in [0.25, 0.3) is 0 Å². The standard InChI is InChI=1S/C14H18FN3O2/c1-3-11-14(20)17-13(19)7-18(11)12-5-4-9(8(2)16)6-10(12)15/h4-6,8,11H,3,7,16H2,1-2H3,(H,17,19,20). The number of nitrogens with one attached hydrogen (secondary N) is 1. The van der Waals surface area contributed by atoms with E-state index in [-0.39, 0.29) is 24.2 Å². The lowest BCUT2D eigenvalue weighted by Crippen LogP contribution is -2.58. The van der Waals surface area contributed by atoms with Gasteiger partial charge in [-0.15, -0.1) is 0 Å². The average molecular weight is 279 g/mol. The van der Waals surface area contributed by atoms with Crippen LogP contribution in [-0.2, 0) is 9.59 Å². The number of nitrogens with two attached hydrogens (primary N) is 1. The number of hydrogen-bond donors (Lipinski definition) is 2. The van der Waals surface area contributed by atoms with E-state index < -0.39 is 17.8 Å². The molecule has 1 fully saturated rings. The van der Waals surface area contributed by atoms with Gasteiger partial charge in [0, 0.05) is 6.04 Å². The first-order valence-corrected chi connectivity index (χ1v) is 6.59. The maximum Gasteiger partial charge on any atom is 0.249 e. The summed E-state index contributed by atoms with van der Waals surface area (Å²) in [5.41, 5.74) is 6.64. The number of nitrogens with zero attached hydrogens (tertiary/aromatic N) is 1. The van der Waals surface area contributed by atoms with E-state index >= 15 is 0 Å². The topological polar surface area (TPSA) is 75.4 Å². The molecule has 0 spiro atoms. The van der Waals surface area contributed by atoms with Crippen molar-refractivity contribution in [2.24, 2.45) is 5.73 Å². The molecule has 20 heavy (non-hydrogen) atoms. The summed E-state index contributed by atoms with van der Waals surface area (Å²) in [6.45, 7) is 3.56. The molecule has 3 N–H and O–H groups in total. The highest BCUT2D eigenvalue weighted by atomic mass is 19.1. The number of imide groups is 1. The van der Waals surface area contributed by atoms with Crippen molar-refractivity contribution < 1.29 is 14.0 Å². The minimum absolute atomic E-state index is 0.0291. The van der Waals surface area contributed by atoms with Gasteiger partial charge in [0.1, 0.15) is 11.9 Å². The first-order valence-electron chi connectivity index (χ1n) is 6.59. The van der Waals surface area contributed by atoms with Crippen molar-refractivity contribution in [1.29, 1.82) is 0 Å². The predicted molar refractivity (Wildman–Crippen MR) is 73.6 cm³/mol. The normalized spacial score (nSPS) is 20.8. The lowest BCUT2D eigenvalue weighted by atomic mass is 10.0. The highest BCUT2D eigenvalue weighted by Gasteiger charge is 2.33. The summed E-state index contributed by atoms with van der Waals surface area (Å²) in [6, 6.07) is 3.83. The molecule has 1 aromatic rings. The maximum absolute atomic E-state index is 14.2. The molecule has 1 aromatic carbocycles. The quantitative estimate of drug-likeness (QED) is 0.812. The molecule has 2 amide bonds. The largest absolute Gasteiger partial charge is 0.348 e. The van der Waals surface area contributed by atoms with Gasteiger partial charge in [-0.25, -0.2) is 4.39 Å². The van der Waals surface area contributed by atoms with Crippen LogP contribution in [0.2, 0.25) is 0 Å². The summed E-state index contributed by atoms with van der Waals surface area (Å²) in [5, 5.41) is 2.27. The number of halogens is 1. The number of rotatable bonds is 3. The van der Waals surface area contributed by atoms with Crippen LogP contribution in [0.3, 0.4) is 0 Å². The van der Waals surface area contributed by atoms with Crippen LogP contribution in [0, 0.1) is 5.82 Å². The Labute approximate surface area is 116 Å². The zero-order valence-corrected chi connectivity index (χ0v) is 11.5. The molecule has 1 saturated heterocycles. The third-order valence-corrected chi connectivity index (χ3v) is 3.45. The van der Waals surface area contributed by atoms with Gasteiger partial charge >= 0.3 is 0 Å². The van der Waals surface area contributed by atoms with E-state index in [0.717, 1.165) is 0 Å². The molecule has 2 unspecified atom stereocenters. The summed E-state index contributed by atoms with van der Waals surface area (Å²) in [4.78, 5) is 24.8. The van der Waals surface area contributed by atoms with Gasteiger partial charge in [-0.05, 0) is 31.0 Å². The summed E-state index contributed by atoms with van der Waals surface area (Å²) in [7, 11) is 0. The molecule has 0 radical (unpaired) electrons. The molecule has 0 saturated carbocycles. The summed E-state index contributed by atoms with van der Waals surface area (Å²) in [5.74, 6) is -1.28. The second-order valence-electron chi connectivity index (χ2n) is 4.96. The maximum atomic E-state index is 14.2. The van der Waals surface area contributed by atoms with Crippen LogP contribution >= 0.6 is 0 Å². The van der Waals surface area contributed by atoms with E-state index in [4.69, 9.17) is 5.73 Å². The zero-order chi connectivity index (χ0) is 14.9. The summed E-state index contributed by atoms with van der Waals surface area (Å²) in [6.07, 6.45) is 0.494. The Bertz CT molecular complexity index is 545. The van der Waals surface area contributed by atoms with Gasteiger partial charge in [0.15, 0.2) is 0 Å². The number of piperazine rings is 1. The number of hydrogen-bond acceptors (Lipinski definition) is 4. The van der Waals surface area contributed by atoms with Crippen molar-refractivity contribution >= 4 is 17.5 Å². The smallest absolute Gasteiger partial charge is 0.249 e. The molecule has 1 aliphatic rings. The Morgan fingerprint density at radius 1 is 1.50 bits per heavy atom. The van der Waals surface area contributed by atoms with Gasteiger partial charge in [0.25, 0.3) is 0 Å². The van der Waals surface area contributed by atoms with Crippen molar-refractivity contribution in [1.82, 2.24) is 5.32 Å². The number of anilines is 1. The number of carbonyl (C=O) groups is 2. The average Bonchev–Trinajstić information content (AvgIpc) is 2.37. The van der Waals surface area contributed by atoms with Gasteiger partial charge < -0.3 is 10.6 Å². The fraction of sp³-hybridized carbons (Fsp3) is 0.429. The second-order valence-corrected chi connectivity index (χ2v) is 4.96. The molecular formula is C14H18FN3O2. The van der Waals surface area contributed by atoms with Gasteiger partial charge in [-0.3, -0.25) is 14.9 Å². The Hall–Kier alpha value is -1.95. The molecule has 1 heterocycles. The fourth-order valence-electron chi connectivity index (χ4n) is 2.36. The lowest BCUT2D eigenvalue weighted by molar-refractivity contribution is -0.132. The highest BCUT2D eigenvalue weighted by Crippen LogP contribution is 2.26. The van der Waals surface area contributed by atoms with Crippen LogP contribution in [-0.4, -0.2) is 24.4 Å². The van der Waals surface area contributed by atoms with Gasteiger partial charge in [-0.2, -0.15) is 0 Å². The summed E-state index contributed by atoms with van der Waals surface area (Å²) < 4.78 is 14.2. The molecule has 2 rings (SSSR count). The number of benzene rings is 1. The molecule has 0 bridgehead atoms. The third-order valence-electron chi connectivity index (χ3n) is 3.45. The molecule has 2 atom stereocenters. The van der Waals surface area contributed by atoms with Crippen molar-refractivity contribution in [2.45, 2.75) is 32.4 Å². The Kier molecular flexibility index (Phi) is 4.04. The molecule has 0 aromatic heterocycles. The Morgan fingerprint density at radius 3 is 2.75 bits per heavy atom. The number of carbonyl (C=O) groups excluding carboxylic acids is 2. The zero-order valence-electron chi connectivity index (χ0n) is 11.5. The van der Waals surface area contributed by atoms with Gasteiger partial charge in [0.2, 0.25) is 11.8 Å². The SMILES string of the molecule is CCC1C(=O)NC(=O)CN1c1ccc(C(C)N)cc1F. The van der Waals surface area contributed by atoms with Crippen LogP contribution in [0.5, 0.6) is 0 Å². The molecule has 108 valence electrons. The van der Waals surface area contributed by atoms with E-state index in [9.17, 15) is 14.0 Å². The molecule has 6 heteroatoms. The predicted octanol–water partition coefficient (Wildman–Crippen LogP) is 1.09. The van der Waals surface area contributed by atoms with Gasteiger partial charge in [0.05, 0.1) is 12.2 Å².